The van der Waals surface area contributed by atoms with Gasteiger partial charge in [-0.1, -0.05) is 29.3 Å². The first-order chi connectivity index (χ1) is 10.5. The van der Waals surface area contributed by atoms with Crippen LogP contribution in [0.4, 0.5) is 5.82 Å². The number of hydrogen-bond acceptors (Lipinski definition) is 5. The van der Waals surface area contributed by atoms with E-state index in [2.05, 4.69) is 15.3 Å². The standard InChI is InChI=1S/C15H17Cl2N3O2/c1-9-6-18-10(2)15(20-9)19-7-11(21)8-22-13-5-3-4-12(16)14(13)17/h3-6,11,21H,7-8H2,1-2H3,(H,19,20)/t11-/m0/s1. The first-order valence-corrected chi connectivity index (χ1v) is 7.52. The van der Waals surface area contributed by atoms with Crippen molar-refractivity contribution in [3.8, 4) is 5.75 Å². The van der Waals surface area contributed by atoms with Crippen LogP contribution in [-0.2, 0) is 0 Å². The molecule has 0 bridgehead atoms. The molecular formula is C15H17Cl2N3O2. The van der Waals surface area contributed by atoms with Gasteiger partial charge in [-0.05, 0) is 26.0 Å². The van der Waals surface area contributed by atoms with Gasteiger partial charge in [0.2, 0.25) is 0 Å². The lowest BCUT2D eigenvalue weighted by Crippen LogP contribution is -2.27. The summed E-state index contributed by atoms with van der Waals surface area (Å²) >= 11 is 11.9. The Bertz CT molecular complexity index is 647. The lowest BCUT2D eigenvalue weighted by molar-refractivity contribution is 0.117. The van der Waals surface area contributed by atoms with E-state index in [9.17, 15) is 5.11 Å². The molecule has 0 aliphatic rings. The topological polar surface area (TPSA) is 67.3 Å². The Hall–Kier alpha value is -1.56. The van der Waals surface area contributed by atoms with E-state index in [1.165, 1.54) is 0 Å². The summed E-state index contributed by atoms with van der Waals surface area (Å²) in [6, 6.07) is 5.11. The molecule has 2 aromatic rings. The predicted molar refractivity (Wildman–Crippen MR) is 88.0 cm³/mol. The van der Waals surface area contributed by atoms with Crippen molar-refractivity contribution in [2.24, 2.45) is 0 Å². The van der Waals surface area contributed by atoms with Crippen LogP contribution in [0.1, 0.15) is 11.4 Å². The van der Waals surface area contributed by atoms with Crippen LogP contribution in [0.25, 0.3) is 0 Å². The number of aryl methyl sites for hydroxylation is 2. The van der Waals surface area contributed by atoms with Crippen molar-refractivity contribution in [1.29, 1.82) is 0 Å². The predicted octanol–water partition coefficient (Wildman–Crippen LogP) is 3.25. The number of anilines is 1. The van der Waals surface area contributed by atoms with E-state index in [-0.39, 0.29) is 13.2 Å². The molecule has 2 N–H and O–H groups in total. The Morgan fingerprint density at radius 3 is 2.86 bits per heavy atom. The fourth-order valence-corrected chi connectivity index (χ4v) is 2.11. The van der Waals surface area contributed by atoms with Crippen molar-refractivity contribution >= 4 is 29.0 Å². The van der Waals surface area contributed by atoms with Gasteiger partial charge in [0.05, 0.1) is 16.4 Å². The van der Waals surface area contributed by atoms with E-state index < -0.39 is 6.10 Å². The summed E-state index contributed by atoms with van der Waals surface area (Å²) < 4.78 is 5.48. The number of benzene rings is 1. The number of nitrogens with one attached hydrogen (secondary N) is 1. The highest BCUT2D eigenvalue weighted by Gasteiger charge is 2.10. The maximum absolute atomic E-state index is 9.98. The second kappa shape index (κ2) is 7.63. The molecule has 1 atom stereocenters. The number of rotatable bonds is 6. The lowest BCUT2D eigenvalue weighted by atomic mass is 10.3. The first kappa shape index (κ1) is 16.8. The molecule has 0 saturated carbocycles. The summed E-state index contributed by atoms with van der Waals surface area (Å²) in [6.45, 7) is 4.09. The summed E-state index contributed by atoms with van der Waals surface area (Å²) in [5.41, 5.74) is 1.58. The second-order valence-corrected chi connectivity index (χ2v) is 5.63. The van der Waals surface area contributed by atoms with Crippen molar-refractivity contribution < 1.29 is 9.84 Å². The van der Waals surface area contributed by atoms with Gasteiger partial charge in [-0.15, -0.1) is 0 Å². The minimum absolute atomic E-state index is 0.0886. The van der Waals surface area contributed by atoms with Crippen LogP contribution >= 0.6 is 23.2 Å². The van der Waals surface area contributed by atoms with Crippen LogP contribution in [0.2, 0.25) is 10.0 Å². The third kappa shape index (κ3) is 4.47. The highest BCUT2D eigenvalue weighted by Crippen LogP contribution is 2.31. The maximum Gasteiger partial charge on any atom is 0.147 e. The molecule has 1 aromatic heterocycles. The van der Waals surface area contributed by atoms with Crippen LogP contribution in [-0.4, -0.2) is 34.3 Å². The van der Waals surface area contributed by atoms with Crippen molar-refractivity contribution in [2.45, 2.75) is 20.0 Å². The largest absolute Gasteiger partial charge is 0.489 e. The van der Waals surface area contributed by atoms with Crippen LogP contribution in [0.15, 0.2) is 24.4 Å². The third-order valence-electron chi connectivity index (χ3n) is 2.93. The average Bonchev–Trinajstić information content (AvgIpc) is 2.49. The molecule has 0 fully saturated rings. The van der Waals surface area contributed by atoms with Crippen LogP contribution in [0.5, 0.6) is 5.75 Å². The number of halogens is 2. The Morgan fingerprint density at radius 2 is 2.09 bits per heavy atom. The summed E-state index contributed by atoms with van der Waals surface area (Å²) in [6.07, 6.45) is 0.970. The molecule has 0 aliphatic heterocycles. The van der Waals surface area contributed by atoms with Crippen molar-refractivity contribution in [3.05, 3.63) is 45.8 Å². The van der Waals surface area contributed by atoms with Gasteiger partial charge in [0.25, 0.3) is 0 Å². The van der Waals surface area contributed by atoms with Gasteiger partial charge < -0.3 is 15.2 Å². The minimum Gasteiger partial charge on any atom is -0.489 e. The zero-order valence-corrected chi connectivity index (χ0v) is 13.8. The fourth-order valence-electron chi connectivity index (χ4n) is 1.76. The zero-order valence-electron chi connectivity index (χ0n) is 12.3. The summed E-state index contributed by atoms with van der Waals surface area (Å²) in [5, 5.41) is 13.8. The van der Waals surface area contributed by atoms with Crippen molar-refractivity contribution in [1.82, 2.24) is 9.97 Å². The summed E-state index contributed by atoms with van der Waals surface area (Å²) in [5.74, 6) is 1.10. The number of ether oxygens (including phenoxy) is 1. The van der Waals surface area contributed by atoms with Gasteiger partial charge in [-0.3, -0.25) is 4.98 Å². The molecule has 0 spiro atoms. The Balaban J connectivity index is 1.87. The van der Waals surface area contributed by atoms with E-state index in [0.29, 0.717) is 21.6 Å². The van der Waals surface area contributed by atoms with E-state index in [1.807, 2.05) is 13.8 Å². The van der Waals surface area contributed by atoms with Crippen molar-refractivity contribution in [3.63, 3.8) is 0 Å². The Labute approximate surface area is 139 Å². The van der Waals surface area contributed by atoms with Crippen molar-refractivity contribution in [2.75, 3.05) is 18.5 Å². The molecule has 0 amide bonds. The van der Waals surface area contributed by atoms with Crippen LogP contribution in [0.3, 0.4) is 0 Å². The minimum atomic E-state index is -0.725. The van der Waals surface area contributed by atoms with E-state index in [4.69, 9.17) is 27.9 Å². The SMILES string of the molecule is Cc1cnc(C)c(NC[C@H](O)COc2cccc(Cl)c2Cl)n1. The highest BCUT2D eigenvalue weighted by atomic mass is 35.5. The zero-order chi connectivity index (χ0) is 16.1. The first-order valence-electron chi connectivity index (χ1n) is 6.76. The van der Waals surface area contributed by atoms with E-state index >= 15 is 0 Å². The smallest absolute Gasteiger partial charge is 0.147 e. The average molecular weight is 342 g/mol. The van der Waals surface area contributed by atoms with Gasteiger partial charge in [-0.2, -0.15) is 0 Å². The molecule has 7 heteroatoms. The van der Waals surface area contributed by atoms with Crippen LogP contribution in [0, 0.1) is 13.8 Å². The molecular weight excluding hydrogens is 325 g/mol. The van der Waals surface area contributed by atoms with Gasteiger partial charge in [0.15, 0.2) is 0 Å². The molecule has 2 rings (SSSR count). The number of aliphatic hydroxyl groups excluding tert-OH is 1. The Kier molecular flexibility index (Phi) is 5.83. The summed E-state index contributed by atoms with van der Waals surface area (Å²) in [4.78, 5) is 8.53. The monoisotopic (exact) mass is 341 g/mol. The quantitative estimate of drug-likeness (QED) is 0.844. The molecule has 0 radical (unpaired) electrons. The van der Waals surface area contributed by atoms with Gasteiger partial charge in [-0.25, -0.2) is 4.98 Å². The van der Waals surface area contributed by atoms with Gasteiger partial charge in [0, 0.05) is 12.7 Å². The second-order valence-electron chi connectivity index (χ2n) is 4.84. The molecule has 118 valence electrons. The molecule has 1 heterocycles. The van der Waals surface area contributed by atoms with E-state index in [1.54, 1.807) is 24.4 Å². The normalized spacial score (nSPS) is 12.0. The molecule has 0 unspecified atom stereocenters. The Morgan fingerprint density at radius 1 is 1.32 bits per heavy atom. The van der Waals surface area contributed by atoms with E-state index in [0.717, 1.165) is 11.4 Å². The third-order valence-corrected chi connectivity index (χ3v) is 3.73. The molecule has 1 aromatic carbocycles. The van der Waals surface area contributed by atoms with Gasteiger partial charge in [0.1, 0.15) is 29.3 Å². The van der Waals surface area contributed by atoms with Crippen LogP contribution < -0.4 is 10.1 Å². The molecule has 0 saturated heterocycles. The number of hydrogen-bond donors (Lipinski definition) is 2. The molecule has 22 heavy (non-hydrogen) atoms. The fraction of sp³-hybridized carbons (Fsp3) is 0.333. The number of aliphatic hydroxyl groups is 1. The highest BCUT2D eigenvalue weighted by molar-refractivity contribution is 6.42. The van der Waals surface area contributed by atoms with Gasteiger partial charge >= 0.3 is 0 Å². The molecule has 5 nitrogen and oxygen atoms in total. The number of nitrogens with zero attached hydrogens (tertiary/aromatic N) is 2. The molecule has 0 aliphatic carbocycles. The lowest BCUT2D eigenvalue weighted by Gasteiger charge is -2.15. The maximum atomic E-state index is 9.98. The summed E-state index contributed by atoms with van der Waals surface area (Å²) in [7, 11) is 0. The number of aromatic nitrogens is 2.